The first-order chi connectivity index (χ1) is 10.2. The Hall–Kier alpha value is -2.16. The van der Waals surface area contributed by atoms with Crippen molar-refractivity contribution in [3.63, 3.8) is 0 Å². The van der Waals surface area contributed by atoms with E-state index in [1.165, 1.54) is 5.56 Å². The maximum atomic E-state index is 11.9. The summed E-state index contributed by atoms with van der Waals surface area (Å²) in [7, 11) is 0. The van der Waals surface area contributed by atoms with Gasteiger partial charge in [-0.2, -0.15) is 0 Å². The summed E-state index contributed by atoms with van der Waals surface area (Å²) in [6.07, 6.45) is 6.83. The minimum Gasteiger partial charge on any atom is -0.353 e. The molecular formula is C18H22N2O. The third kappa shape index (κ3) is 5.78. The number of pyridine rings is 1. The zero-order valence-corrected chi connectivity index (χ0v) is 12.5. The van der Waals surface area contributed by atoms with Crippen molar-refractivity contribution in [3.05, 3.63) is 66.0 Å². The van der Waals surface area contributed by atoms with Crippen molar-refractivity contribution >= 4 is 5.91 Å². The molecule has 1 N–H and O–H groups in total. The second-order valence-corrected chi connectivity index (χ2v) is 5.37. The van der Waals surface area contributed by atoms with Gasteiger partial charge in [0.15, 0.2) is 0 Å². The lowest BCUT2D eigenvalue weighted by Gasteiger charge is -2.13. The van der Waals surface area contributed by atoms with E-state index < -0.39 is 0 Å². The molecule has 0 saturated heterocycles. The molecule has 0 fully saturated rings. The SMILES string of the molecule is CC(Cc1cccnc1)NC(=O)CCCc1ccccc1. The number of hydrogen-bond donors (Lipinski definition) is 1. The van der Waals surface area contributed by atoms with Gasteiger partial charge in [-0.25, -0.2) is 0 Å². The van der Waals surface area contributed by atoms with Gasteiger partial charge in [0.05, 0.1) is 0 Å². The number of benzene rings is 1. The average Bonchev–Trinajstić information content (AvgIpc) is 2.49. The molecule has 0 aliphatic carbocycles. The van der Waals surface area contributed by atoms with E-state index in [1.54, 1.807) is 6.20 Å². The van der Waals surface area contributed by atoms with Crippen molar-refractivity contribution in [1.29, 1.82) is 0 Å². The summed E-state index contributed by atoms with van der Waals surface area (Å²) in [5.41, 5.74) is 2.43. The molecule has 3 nitrogen and oxygen atoms in total. The van der Waals surface area contributed by atoms with E-state index in [2.05, 4.69) is 22.4 Å². The molecule has 2 aromatic rings. The van der Waals surface area contributed by atoms with Gasteiger partial charge < -0.3 is 5.32 Å². The fraction of sp³-hybridized carbons (Fsp3) is 0.333. The van der Waals surface area contributed by atoms with Crippen LogP contribution in [0.4, 0.5) is 0 Å². The van der Waals surface area contributed by atoms with E-state index in [0.29, 0.717) is 6.42 Å². The molecule has 1 amide bonds. The summed E-state index contributed by atoms with van der Waals surface area (Å²) in [4.78, 5) is 16.0. The first-order valence-corrected chi connectivity index (χ1v) is 7.46. The standard InChI is InChI=1S/C18H22N2O/c1-15(13-17-10-6-12-19-14-17)20-18(21)11-5-9-16-7-3-2-4-8-16/h2-4,6-8,10,12,14-15H,5,9,11,13H2,1H3,(H,20,21). The molecule has 1 atom stereocenters. The molecule has 0 spiro atoms. The third-order valence-electron chi connectivity index (χ3n) is 3.38. The predicted octanol–water partition coefficient (Wildman–Crippen LogP) is 3.15. The van der Waals surface area contributed by atoms with E-state index >= 15 is 0 Å². The second kappa shape index (κ2) is 8.20. The molecule has 1 aromatic carbocycles. The van der Waals surface area contributed by atoms with Crippen LogP contribution in [0.3, 0.4) is 0 Å². The number of amides is 1. The Balaban J connectivity index is 1.67. The normalized spacial score (nSPS) is 11.9. The lowest BCUT2D eigenvalue weighted by Crippen LogP contribution is -2.33. The highest BCUT2D eigenvalue weighted by atomic mass is 16.1. The molecule has 3 heteroatoms. The van der Waals surface area contributed by atoms with Gasteiger partial charge in [-0.15, -0.1) is 0 Å². The van der Waals surface area contributed by atoms with E-state index in [9.17, 15) is 4.79 Å². The fourth-order valence-electron chi connectivity index (χ4n) is 2.37. The average molecular weight is 282 g/mol. The number of carbonyl (C=O) groups is 1. The Bertz CT molecular complexity index is 540. The van der Waals surface area contributed by atoms with E-state index in [0.717, 1.165) is 24.8 Å². The first-order valence-electron chi connectivity index (χ1n) is 7.46. The van der Waals surface area contributed by atoms with E-state index in [4.69, 9.17) is 0 Å². The van der Waals surface area contributed by atoms with Crippen LogP contribution in [0.15, 0.2) is 54.9 Å². The molecule has 0 saturated carbocycles. The summed E-state index contributed by atoms with van der Waals surface area (Å²) in [5, 5.41) is 3.05. The van der Waals surface area contributed by atoms with Crippen LogP contribution in [0.2, 0.25) is 0 Å². The van der Waals surface area contributed by atoms with Crippen molar-refractivity contribution in [3.8, 4) is 0 Å². The second-order valence-electron chi connectivity index (χ2n) is 5.37. The Labute approximate surface area is 126 Å². The minimum atomic E-state index is 0.127. The molecular weight excluding hydrogens is 260 g/mol. The van der Waals surface area contributed by atoms with Crippen molar-refractivity contribution in [1.82, 2.24) is 10.3 Å². The highest BCUT2D eigenvalue weighted by Gasteiger charge is 2.08. The summed E-state index contributed by atoms with van der Waals surface area (Å²) in [5.74, 6) is 0.127. The van der Waals surface area contributed by atoms with Gasteiger partial charge in [0.25, 0.3) is 0 Å². The summed E-state index contributed by atoms with van der Waals surface area (Å²) in [6.45, 7) is 2.03. The lowest BCUT2D eigenvalue weighted by atomic mass is 10.1. The zero-order chi connectivity index (χ0) is 14.9. The highest BCUT2D eigenvalue weighted by molar-refractivity contribution is 5.76. The van der Waals surface area contributed by atoms with Gasteiger partial charge in [-0.3, -0.25) is 9.78 Å². The van der Waals surface area contributed by atoms with Crippen LogP contribution in [0.1, 0.15) is 30.9 Å². The van der Waals surface area contributed by atoms with Crippen LogP contribution in [0.5, 0.6) is 0 Å². The van der Waals surface area contributed by atoms with E-state index in [-0.39, 0.29) is 11.9 Å². The first kappa shape index (κ1) is 15.2. The van der Waals surface area contributed by atoms with Gasteiger partial charge in [0.1, 0.15) is 0 Å². The Kier molecular flexibility index (Phi) is 5.95. The van der Waals surface area contributed by atoms with Crippen molar-refractivity contribution < 1.29 is 4.79 Å². The van der Waals surface area contributed by atoms with Crippen molar-refractivity contribution in [2.75, 3.05) is 0 Å². The number of hydrogen-bond acceptors (Lipinski definition) is 2. The zero-order valence-electron chi connectivity index (χ0n) is 12.5. The van der Waals surface area contributed by atoms with Gasteiger partial charge in [-0.1, -0.05) is 36.4 Å². The quantitative estimate of drug-likeness (QED) is 0.847. The van der Waals surface area contributed by atoms with Crippen LogP contribution >= 0.6 is 0 Å². The molecule has 21 heavy (non-hydrogen) atoms. The fourth-order valence-corrected chi connectivity index (χ4v) is 2.37. The smallest absolute Gasteiger partial charge is 0.220 e. The molecule has 0 bridgehead atoms. The number of carbonyl (C=O) groups excluding carboxylic acids is 1. The van der Waals surface area contributed by atoms with E-state index in [1.807, 2.05) is 43.5 Å². The Morgan fingerprint density at radius 2 is 1.90 bits per heavy atom. The largest absolute Gasteiger partial charge is 0.353 e. The van der Waals surface area contributed by atoms with Crippen LogP contribution in [-0.2, 0) is 17.6 Å². The maximum absolute atomic E-state index is 11.9. The van der Waals surface area contributed by atoms with Crippen LogP contribution in [0, 0.1) is 0 Å². The highest BCUT2D eigenvalue weighted by Crippen LogP contribution is 2.05. The molecule has 1 heterocycles. The molecule has 1 unspecified atom stereocenters. The van der Waals surface area contributed by atoms with Crippen LogP contribution < -0.4 is 5.32 Å². The van der Waals surface area contributed by atoms with Gasteiger partial charge in [0, 0.05) is 24.9 Å². The molecule has 0 aliphatic rings. The number of aromatic nitrogens is 1. The topological polar surface area (TPSA) is 42.0 Å². The Morgan fingerprint density at radius 3 is 2.62 bits per heavy atom. The number of rotatable bonds is 7. The molecule has 110 valence electrons. The molecule has 0 aliphatic heterocycles. The van der Waals surface area contributed by atoms with Crippen molar-refractivity contribution in [2.24, 2.45) is 0 Å². The van der Waals surface area contributed by atoms with Gasteiger partial charge >= 0.3 is 0 Å². The summed E-state index contributed by atoms with van der Waals surface area (Å²) < 4.78 is 0. The summed E-state index contributed by atoms with van der Waals surface area (Å²) >= 11 is 0. The lowest BCUT2D eigenvalue weighted by molar-refractivity contribution is -0.121. The number of nitrogens with zero attached hydrogens (tertiary/aromatic N) is 1. The molecule has 1 aromatic heterocycles. The molecule has 2 rings (SSSR count). The number of aryl methyl sites for hydroxylation is 1. The van der Waals surface area contributed by atoms with Crippen LogP contribution in [-0.4, -0.2) is 16.9 Å². The predicted molar refractivity (Wildman–Crippen MR) is 84.9 cm³/mol. The minimum absolute atomic E-state index is 0.127. The molecule has 0 radical (unpaired) electrons. The Morgan fingerprint density at radius 1 is 1.14 bits per heavy atom. The van der Waals surface area contributed by atoms with Crippen molar-refractivity contribution in [2.45, 2.75) is 38.6 Å². The van der Waals surface area contributed by atoms with Crippen LogP contribution in [0.25, 0.3) is 0 Å². The van der Waals surface area contributed by atoms with Gasteiger partial charge in [-0.05, 0) is 43.4 Å². The third-order valence-corrected chi connectivity index (χ3v) is 3.38. The van der Waals surface area contributed by atoms with Gasteiger partial charge in [0.2, 0.25) is 5.91 Å². The number of nitrogens with one attached hydrogen (secondary N) is 1. The maximum Gasteiger partial charge on any atom is 0.220 e. The monoisotopic (exact) mass is 282 g/mol. The summed E-state index contributed by atoms with van der Waals surface area (Å²) in [6, 6.07) is 14.4.